The number of ether oxygens (including phenoxy) is 3. The van der Waals surface area contributed by atoms with Gasteiger partial charge in [-0.3, -0.25) is 9.59 Å². The van der Waals surface area contributed by atoms with Crippen LogP contribution in [0.25, 0.3) is 5.76 Å². The van der Waals surface area contributed by atoms with E-state index < -0.39 is 17.7 Å². The van der Waals surface area contributed by atoms with Gasteiger partial charge in [-0.1, -0.05) is 26.0 Å². The molecule has 7 nitrogen and oxygen atoms in total. The number of aliphatic hydroxyl groups is 1. The molecule has 2 aromatic carbocycles. The number of fused-ring (bicyclic) bond motifs is 1. The highest BCUT2D eigenvalue weighted by atomic mass is 16.5. The maximum absolute atomic E-state index is 13.2. The van der Waals surface area contributed by atoms with Crippen LogP contribution in [0.5, 0.6) is 11.5 Å². The third-order valence-electron chi connectivity index (χ3n) is 6.38. The Kier molecular flexibility index (Phi) is 7.45. The predicted octanol–water partition coefficient (Wildman–Crippen LogP) is 4.50. The minimum absolute atomic E-state index is 0.0560. The van der Waals surface area contributed by atoms with Crippen molar-refractivity contribution in [2.75, 3.05) is 26.9 Å². The molecule has 35 heavy (non-hydrogen) atoms. The molecule has 0 unspecified atom stereocenters. The van der Waals surface area contributed by atoms with Crippen molar-refractivity contribution >= 4 is 17.4 Å². The molecule has 2 aliphatic heterocycles. The summed E-state index contributed by atoms with van der Waals surface area (Å²) >= 11 is 0. The van der Waals surface area contributed by atoms with E-state index in [1.807, 2.05) is 37.3 Å². The molecular formula is C28H33NO6. The zero-order chi connectivity index (χ0) is 25.1. The van der Waals surface area contributed by atoms with Crippen molar-refractivity contribution < 1.29 is 28.9 Å². The van der Waals surface area contributed by atoms with Crippen LogP contribution in [-0.2, 0) is 20.7 Å². The van der Waals surface area contributed by atoms with Gasteiger partial charge in [-0.25, -0.2) is 0 Å². The van der Waals surface area contributed by atoms with Crippen molar-refractivity contribution in [2.24, 2.45) is 5.92 Å². The number of methoxy groups -OCH3 is 1. The van der Waals surface area contributed by atoms with Crippen molar-refractivity contribution in [1.29, 1.82) is 0 Å². The van der Waals surface area contributed by atoms with Gasteiger partial charge in [0.05, 0.1) is 24.8 Å². The fourth-order valence-electron chi connectivity index (χ4n) is 4.56. The van der Waals surface area contributed by atoms with Gasteiger partial charge in [0.1, 0.15) is 23.4 Å². The van der Waals surface area contributed by atoms with Gasteiger partial charge in [-0.15, -0.1) is 0 Å². The number of carbonyl (C=O) groups is 2. The van der Waals surface area contributed by atoms with Crippen LogP contribution in [0.1, 0.15) is 49.9 Å². The second-order valence-electron chi connectivity index (χ2n) is 9.54. The first-order valence-electron chi connectivity index (χ1n) is 12.1. The lowest BCUT2D eigenvalue weighted by molar-refractivity contribution is -0.140. The zero-order valence-corrected chi connectivity index (χ0v) is 20.7. The molecule has 1 saturated heterocycles. The number of nitrogens with zero attached hydrogens (tertiary/aromatic N) is 1. The molecule has 0 bridgehead atoms. The Morgan fingerprint density at radius 1 is 1.17 bits per heavy atom. The van der Waals surface area contributed by atoms with E-state index in [1.54, 1.807) is 19.2 Å². The van der Waals surface area contributed by atoms with Crippen molar-refractivity contribution in [1.82, 2.24) is 4.90 Å². The monoisotopic (exact) mass is 479 g/mol. The molecule has 2 heterocycles. The summed E-state index contributed by atoms with van der Waals surface area (Å²) < 4.78 is 16.9. The third-order valence-corrected chi connectivity index (χ3v) is 6.38. The molecule has 0 spiro atoms. The largest absolute Gasteiger partial charge is 0.507 e. The Morgan fingerprint density at radius 2 is 1.97 bits per heavy atom. The lowest BCUT2D eigenvalue weighted by Gasteiger charge is -2.25. The molecule has 1 amide bonds. The first kappa shape index (κ1) is 24.8. The van der Waals surface area contributed by atoms with Crippen LogP contribution >= 0.6 is 0 Å². The van der Waals surface area contributed by atoms with Crippen LogP contribution in [-0.4, -0.2) is 54.7 Å². The van der Waals surface area contributed by atoms with E-state index in [-0.39, 0.29) is 30.6 Å². The topological polar surface area (TPSA) is 85.3 Å². The van der Waals surface area contributed by atoms with Crippen molar-refractivity contribution in [3.63, 3.8) is 0 Å². The molecule has 2 aliphatic rings. The highest BCUT2D eigenvalue weighted by molar-refractivity contribution is 6.46. The second-order valence-corrected chi connectivity index (χ2v) is 9.54. The molecule has 1 N–H and O–H groups in total. The van der Waals surface area contributed by atoms with Crippen LogP contribution in [0, 0.1) is 5.92 Å². The Hall–Kier alpha value is -3.32. The first-order valence-corrected chi connectivity index (χ1v) is 12.1. The number of Topliss-reactive ketones (excluding diaryl/α,β-unsaturated/α-hetero) is 1. The Balaban J connectivity index is 1.75. The zero-order valence-electron chi connectivity index (χ0n) is 20.7. The van der Waals surface area contributed by atoms with Gasteiger partial charge in [0.25, 0.3) is 11.7 Å². The maximum atomic E-state index is 13.2. The summed E-state index contributed by atoms with van der Waals surface area (Å²) in [6.45, 7) is 7.31. The van der Waals surface area contributed by atoms with Gasteiger partial charge < -0.3 is 24.2 Å². The van der Waals surface area contributed by atoms with E-state index >= 15 is 0 Å². The summed E-state index contributed by atoms with van der Waals surface area (Å²) in [5.41, 5.74) is 2.21. The van der Waals surface area contributed by atoms with Gasteiger partial charge >= 0.3 is 0 Å². The van der Waals surface area contributed by atoms with Crippen LogP contribution in [0.4, 0.5) is 0 Å². The molecule has 7 heteroatoms. The number of rotatable bonds is 9. The molecule has 1 fully saturated rings. The average molecular weight is 480 g/mol. The fraction of sp³-hybridized carbons (Fsp3) is 0.429. The molecule has 2 aromatic rings. The predicted molar refractivity (Wildman–Crippen MR) is 133 cm³/mol. The molecule has 0 aromatic heterocycles. The lowest BCUT2D eigenvalue weighted by atomic mass is 9.94. The highest BCUT2D eigenvalue weighted by Gasteiger charge is 2.46. The van der Waals surface area contributed by atoms with Crippen LogP contribution in [0.3, 0.4) is 0 Å². The summed E-state index contributed by atoms with van der Waals surface area (Å²) in [6, 6.07) is 12.0. The maximum Gasteiger partial charge on any atom is 0.295 e. The number of amides is 1. The first-order chi connectivity index (χ1) is 16.8. The summed E-state index contributed by atoms with van der Waals surface area (Å²) in [6.07, 6.45) is 1.69. The van der Waals surface area contributed by atoms with Gasteiger partial charge in [-0.2, -0.15) is 0 Å². The normalized spacial score (nSPS) is 20.9. The molecular weight excluding hydrogens is 446 g/mol. The fourth-order valence-corrected chi connectivity index (χ4v) is 4.56. The average Bonchev–Trinajstić information content (AvgIpc) is 3.32. The van der Waals surface area contributed by atoms with Gasteiger partial charge in [0.2, 0.25) is 0 Å². The summed E-state index contributed by atoms with van der Waals surface area (Å²) in [5, 5.41) is 11.3. The van der Waals surface area contributed by atoms with Crippen LogP contribution in [0.2, 0.25) is 0 Å². The highest BCUT2D eigenvalue weighted by Crippen LogP contribution is 2.41. The van der Waals surface area contributed by atoms with Crippen molar-refractivity contribution in [2.45, 2.75) is 45.8 Å². The van der Waals surface area contributed by atoms with Crippen LogP contribution in [0.15, 0.2) is 48.0 Å². The van der Waals surface area contributed by atoms with E-state index in [2.05, 4.69) is 13.8 Å². The van der Waals surface area contributed by atoms with E-state index in [9.17, 15) is 14.7 Å². The van der Waals surface area contributed by atoms with E-state index in [4.69, 9.17) is 14.2 Å². The summed E-state index contributed by atoms with van der Waals surface area (Å²) in [4.78, 5) is 27.7. The summed E-state index contributed by atoms with van der Waals surface area (Å²) in [7, 11) is 1.54. The Morgan fingerprint density at radius 3 is 2.71 bits per heavy atom. The number of aliphatic hydroxyl groups excluding tert-OH is 1. The quantitative estimate of drug-likeness (QED) is 0.324. The van der Waals surface area contributed by atoms with Gasteiger partial charge in [0.15, 0.2) is 0 Å². The molecule has 0 saturated carbocycles. The lowest BCUT2D eigenvalue weighted by Crippen LogP contribution is -2.32. The molecule has 0 radical (unpaired) electrons. The molecule has 0 aliphatic carbocycles. The SMILES string of the molecule is COCCN1C(=O)C(=O)/C(=C(/O)c2ccc3c(c2)C[C@H](C)O3)[C@H]1c1cccc(OCCC(C)C)c1. The van der Waals surface area contributed by atoms with Gasteiger partial charge in [0, 0.05) is 25.6 Å². The Bertz CT molecular complexity index is 1140. The molecule has 2 atom stereocenters. The van der Waals surface area contributed by atoms with Gasteiger partial charge in [-0.05, 0) is 60.7 Å². The van der Waals surface area contributed by atoms with E-state index in [0.717, 1.165) is 24.2 Å². The number of hydrogen-bond donors (Lipinski definition) is 1. The van der Waals surface area contributed by atoms with Crippen molar-refractivity contribution in [3.05, 3.63) is 64.7 Å². The minimum atomic E-state index is -0.748. The number of likely N-dealkylation sites (tertiary alicyclic amines) is 1. The minimum Gasteiger partial charge on any atom is -0.507 e. The Labute approximate surface area is 206 Å². The summed E-state index contributed by atoms with van der Waals surface area (Å²) in [5.74, 6) is 0.390. The smallest absolute Gasteiger partial charge is 0.295 e. The number of benzene rings is 2. The molecule has 4 rings (SSSR count). The number of ketones is 1. The van der Waals surface area contributed by atoms with Crippen molar-refractivity contribution in [3.8, 4) is 11.5 Å². The number of hydrogen-bond acceptors (Lipinski definition) is 6. The standard InChI is InChI=1S/C28H33NO6/c1-17(2)10-12-34-22-7-5-6-19(16-22)25-24(27(31)28(32)29(25)11-13-33-4)26(30)20-8-9-23-21(15-20)14-18(3)35-23/h5-9,15-18,25,30H,10-14H2,1-4H3/b26-24+/t18-,25+/m0/s1. The van der Waals surface area contributed by atoms with E-state index in [1.165, 1.54) is 4.90 Å². The second kappa shape index (κ2) is 10.5. The molecule has 186 valence electrons. The van der Waals surface area contributed by atoms with E-state index in [0.29, 0.717) is 29.4 Å². The van der Waals surface area contributed by atoms with Crippen LogP contribution < -0.4 is 9.47 Å². The third kappa shape index (κ3) is 5.20. The number of carbonyl (C=O) groups excluding carboxylic acids is 2.